The Labute approximate surface area is 213 Å². The molecule has 0 spiro atoms. The van der Waals surface area contributed by atoms with Crippen molar-refractivity contribution in [3.8, 4) is 0 Å². The van der Waals surface area contributed by atoms with Crippen LogP contribution in [0.1, 0.15) is 46.8 Å². The van der Waals surface area contributed by atoms with E-state index in [0.29, 0.717) is 34.8 Å². The van der Waals surface area contributed by atoms with Crippen LogP contribution in [0.25, 0.3) is 0 Å². The van der Waals surface area contributed by atoms with Crippen LogP contribution < -0.4 is 5.32 Å². The molecule has 1 amide bonds. The fourth-order valence-corrected chi connectivity index (χ4v) is 4.63. The highest BCUT2D eigenvalue weighted by molar-refractivity contribution is 7.65. The Morgan fingerprint density at radius 1 is 1.24 bits per heavy atom. The van der Waals surface area contributed by atoms with E-state index in [0.717, 1.165) is 12.1 Å². The first-order valence-corrected chi connectivity index (χ1v) is 12.1. The quantitative estimate of drug-likeness (QED) is 0.315. The highest BCUT2D eigenvalue weighted by atomic mass is 35.5. The molecule has 5 nitrogen and oxygen atoms in total. The van der Waals surface area contributed by atoms with Crippen molar-refractivity contribution in [3.05, 3.63) is 67.7 Å². The maximum atomic E-state index is 14.2. The van der Waals surface area contributed by atoms with E-state index in [4.69, 9.17) is 39.6 Å². The van der Waals surface area contributed by atoms with E-state index in [2.05, 4.69) is 10.5 Å². The van der Waals surface area contributed by atoms with E-state index >= 15 is 0 Å². The van der Waals surface area contributed by atoms with Crippen molar-refractivity contribution in [1.29, 1.82) is 0 Å². The Hall–Kier alpha value is -1.94. The number of nitrogens with one attached hydrogen (secondary N) is 1. The highest BCUT2D eigenvalue weighted by Crippen LogP contribution is 2.50. The SMILES string of the molecule is CC[C@H](C[S+]=O)NC(=O)c1ccc(C2=NO[C@@](c3cc(Cl)c(Cl)c(Cl)c3)(C(F)(F)F)C2)cc1C. The van der Waals surface area contributed by atoms with Gasteiger partial charge in [0.2, 0.25) is 5.75 Å². The molecule has 2 atom stereocenters. The second kappa shape index (κ2) is 10.4. The van der Waals surface area contributed by atoms with Gasteiger partial charge in [-0.1, -0.05) is 52.9 Å². The summed E-state index contributed by atoms with van der Waals surface area (Å²) in [5.74, 6) is -0.143. The third-order valence-corrected chi connectivity index (χ3v) is 7.27. The predicted molar refractivity (Wildman–Crippen MR) is 127 cm³/mol. The smallest absolute Gasteiger partial charge is 0.374 e. The first kappa shape index (κ1) is 26.7. The zero-order chi connectivity index (χ0) is 25.3. The molecule has 0 aliphatic carbocycles. The van der Waals surface area contributed by atoms with Crippen LogP contribution in [0.15, 0.2) is 35.5 Å². The second-order valence-corrected chi connectivity index (χ2v) is 9.54. The molecule has 12 heteroatoms. The molecule has 182 valence electrons. The lowest BCUT2D eigenvalue weighted by molar-refractivity contribution is -0.275. The lowest BCUT2D eigenvalue weighted by Crippen LogP contribution is -2.42. The molecular weight excluding hydrogens is 536 g/mol. The summed E-state index contributed by atoms with van der Waals surface area (Å²) in [6, 6.07) is 6.40. The topological polar surface area (TPSA) is 67.8 Å². The molecule has 1 aliphatic heterocycles. The van der Waals surface area contributed by atoms with Crippen molar-refractivity contribution in [3.63, 3.8) is 0 Å². The van der Waals surface area contributed by atoms with Crippen molar-refractivity contribution >= 4 is 58.1 Å². The molecule has 0 aromatic heterocycles. The molecule has 3 rings (SSSR count). The Bertz CT molecular complexity index is 1140. The van der Waals surface area contributed by atoms with Gasteiger partial charge in [0.25, 0.3) is 11.5 Å². The summed E-state index contributed by atoms with van der Waals surface area (Å²) < 4.78 is 53.5. The van der Waals surface area contributed by atoms with Crippen LogP contribution >= 0.6 is 34.8 Å². The monoisotopic (exact) mass is 553 g/mol. The Balaban J connectivity index is 1.90. The van der Waals surface area contributed by atoms with Gasteiger partial charge in [-0.25, -0.2) is 0 Å². The van der Waals surface area contributed by atoms with E-state index in [1.165, 1.54) is 12.1 Å². The maximum absolute atomic E-state index is 14.2. The molecule has 1 N–H and O–H groups in total. The second-order valence-electron chi connectivity index (χ2n) is 7.78. The number of aryl methyl sites for hydroxylation is 1. The van der Waals surface area contributed by atoms with Crippen LogP contribution in [-0.4, -0.2) is 29.6 Å². The number of amides is 1. The standard InChI is InChI=1S/C22H18Cl3F3N2O3S/c1-3-14(10-34-32)29-20(31)15-5-4-12(6-11(15)2)18-9-21(33-30-18,22(26,27)28)13-7-16(23)19(25)17(24)8-13/h4-8,14H,3,9-10H2,1-2H3/p+1/t14-,21+/m1/s1. The molecule has 0 fully saturated rings. The van der Waals surface area contributed by atoms with Gasteiger partial charge in [0.15, 0.2) is 0 Å². The third kappa shape index (κ3) is 5.17. The summed E-state index contributed by atoms with van der Waals surface area (Å²) in [5.41, 5.74) is -1.83. The van der Waals surface area contributed by atoms with Crippen molar-refractivity contribution < 1.29 is 27.0 Å². The number of hydrogen-bond acceptors (Lipinski definition) is 4. The molecule has 34 heavy (non-hydrogen) atoms. The zero-order valence-corrected chi connectivity index (χ0v) is 21.0. The molecule has 1 aliphatic rings. The van der Waals surface area contributed by atoms with Crippen molar-refractivity contribution in [2.75, 3.05) is 5.75 Å². The van der Waals surface area contributed by atoms with Gasteiger partial charge in [-0.15, -0.1) is 0 Å². The van der Waals surface area contributed by atoms with E-state index in [1.54, 1.807) is 13.0 Å². The molecule has 0 saturated carbocycles. The Morgan fingerprint density at radius 2 is 1.88 bits per heavy atom. The van der Waals surface area contributed by atoms with Crippen LogP contribution in [-0.2, 0) is 26.3 Å². The molecule has 0 radical (unpaired) electrons. The van der Waals surface area contributed by atoms with Crippen LogP contribution in [0.5, 0.6) is 0 Å². The van der Waals surface area contributed by atoms with Gasteiger partial charge in [-0.2, -0.15) is 13.2 Å². The minimum atomic E-state index is -4.84. The van der Waals surface area contributed by atoms with Gasteiger partial charge in [-0.3, -0.25) is 4.79 Å². The minimum absolute atomic E-state index is 0.0452. The van der Waals surface area contributed by atoms with Crippen LogP contribution in [0, 0.1) is 6.92 Å². The summed E-state index contributed by atoms with van der Waals surface area (Å²) in [6.45, 7) is 3.51. The number of rotatable bonds is 7. The van der Waals surface area contributed by atoms with Gasteiger partial charge in [-0.05, 0) is 48.7 Å². The zero-order valence-electron chi connectivity index (χ0n) is 17.9. The van der Waals surface area contributed by atoms with Gasteiger partial charge in [0.05, 0.1) is 26.8 Å². The normalized spacial score (nSPS) is 18.8. The molecule has 0 unspecified atom stereocenters. The molecule has 0 bridgehead atoms. The molecule has 2 aromatic carbocycles. The number of carbonyl (C=O) groups is 1. The number of carbonyl (C=O) groups excluding carboxylic acids is 1. The predicted octanol–water partition coefficient (Wildman–Crippen LogP) is 6.47. The van der Waals surface area contributed by atoms with Gasteiger partial charge >= 0.3 is 17.8 Å². The third-order valence-electron chi connectivity index (χ3n) is 5.54. The Kier molecular flexibility index (Phi) is 8.12. The number of alkyl halides is 3. The fraction of sp³-hybridized carbons (Fsp3) is 0.364. The molecular formula is C22H19Cl3F3N2O3S+. The first-order chi connectivity index (χ1) is 15.9. The molecule has 0 saturated heterocycles. The van der Waals surface area contributed by atoms with E-state index in [1.807, 2.05) is 6.92 Å². The molecule has 1 heterocycles. The van der Waals surface area contributed by atoms with E-state index < -0.39 is 18.2 Å². The van der Waals surface area contributed by atoms with Crippen LogP contribution in [0.3, 0.4) is 0 Å². The highest BCUT2D eigenvalue weighted by Gasteiger charge is 2.62. The number of oxime groups is 1. The van der Waals surface area contributed by atoms with Crippen LogP contribution in [0.4, 0.5) is 13.2 Å². The van der Waals surface area contributed by atoms with Crippen molar-refractivity contribution in [2.24, 2.45) is 5.16 Å². The largest absolute Gasteiger partial charge is 0.460 e. The van der Waals surface area contributed by atoms with Gasteiger partial charge in [0, 0.05) is 21.8 Å². The number of benzene rings is 2. The summed E-state index contributed by atoms with van der Waals surface area (Å²) >= 11 is 18.2. The first-order valence-electron chi connectivity index (χ1n) is 10.1. The van der Waals surface area contributed by atoms with Gasteiger partial charge in [0.1, 0.15) is 0 Å². The summed E-state index contributed by atoms with van der Waals surface area (Å²) in [4.78, 5) is 17.6. The summed E-state index contributed by atoms with van der Waals surface area (Å²) in [5, 5.41) is 6.16. The average Bonchev–Trinajstić information content (AvgIpc) is 3.23. The number of nitrogens with zero attached hydrogens (tertiary/aromatic N) is 1. The minimum Gasteiger partial charge on any atom is -0.374 e. The fourth-order valence-electron chi connectivity index (χ4n) is 3.55. The van der Waals surface area contributed by atoms with Crippen molar-refractivity contribution in [1.82, 2.24) is 5.32 Å². The van der Waals surface area contributed by atoms with Crippen LogP contribution in [0.2, 0.25) is 15.1 Å². The van der Waals surface area contributed by atoms with E-state index in [9.17, 15) is 22.2 Å². The number of halogens is 6. The summed E-state index contributed by atoms with van der Waals surface area (Å²) in [6.07, 6.45) is -4.89. The molecule has 2 aromatic rings. The Morgan fingerprint density at radius 3 is 2.41 bits per heavy atom. The maximum Gasteiger partial charge on any atom is 0.460 e. The van der Waals surface area contributed by atoms with E-state index in [-0.39, 0.29) is 44.0 Å². The average molecular weight is 555 g/mol. The van der Waals surface area contributed by atoms with Gasteiger partial charge < -0.3 is 10.2 Å². The van der Waals surface area contributed by atoms with Crippen molar-refractivity contribution in [2.45, 2.75) is 44.5 Å². The lowest BCUT2D eigenvalue weighted by Gasteiger charge is -2.30. The lowest BCUT2D eigenvalue weighted by atomic mass is 9.86. The summed E-state index contributed by atoms with van der Waals surface area (Å²) in [7, 11) is 0. The number of hydrogen-bond donors (Lipinski definition) is 1.